The number of anilines is 1. The van der Waals surface area contributed by atoms with Gasteiger partial charge in [-0.3, -0.25) is 4.79 Å². The summed E-state index contributed by atoms with van der Waals surface area (Å²) < 4.78 is 10.9. The quantitative estimate of drug-likeness (QED) is 0.868. The van der Waals surface area contributed by atoms with Crippen molar-refractivity contribution in [2.75, 3.05) is 12.4 Å². The van der Waals surface area contributed by atoms with E-state index in [0.29, 0.717) is 17.4 Å². The monoisotopic (exact) mass is 313 g/mol. The fourth-order valence-corrected chi connectivity index (χ4v) is 2.28. The molecule has 0 spiro atoms. The standard InChI is InChI=1S/C19H23NO3/c1-13(2)17-10-5-6-11-18(17)20-19(21)14(3)23-16-9-7-8-15(12-16)22-4/h5-14H,1-4H3,(H,20,21). The fourth-order valence-electron chi connectivity index (χ4n) is 2.28. The van der Waals surface area contributed by atoms with Gasteiger partial charge >= 0.3 is 0 Å². The molecule has 4 heteroatoms. The number of rotatable bonds is 6. The SMILES string of the molecule is COc1cccc(OC(C)C(=O)Nc2ccccc2C(C)C)c1. The van der Waals surface area contributed by atoms with Gasteiger partial charge in [0.05, 0.1) is 7.11 Å². The van der Waals surface area contributed by atoms with Crippen LogP contribution in [0.25, 0.3) is 0 Å². The lowest BCUT2D eigenvalue weighted by atomic mass is 10.0. The highest BCUT2D eigenvalue weighted by molar-refractivity contribution is 5.94. The van der Waals surface area contributed by atoms with E-state index in [1.807, 2.05) is 36.4 Å². The number of ether oxygens (including phenoxy) is 2. The van der Waals surface area contributed by atoms with Gasteiger partial charge in [-0.2, -0.15) is 0 Å². The Bertz CT molecular complexity index is 667. The third kappa shape index (κ3) is 4.49. The van der Waals surface area contributed by atoms with Crippen LogP contribution in [0.15, 0.2) is 48.5 Å². The summed E-state index contributed by atoms with van der Waals surface area (Å²) in [7, 11) is 1.60. The summed E-state index contributed by atoms with van der Waals surface area (Å²) in [5.74, 6) is 1.45. The average Bonchev–Trinajstić information content (AvgIpc) is 2.55. The van der Waals surface area contributed by atoms with Gasteiger partial charge in [-0.1, -0.05) is 38.1 Å². The van der Waals surface area contributed by atoms with Crippen molar-refractivity contribution in [2.24, 2.45) is 0 Å². The minimum absolute atomic E-state index is 0.180. The van der Waals surface area contributed by atoms with Gasteiger partial charge < -0.3 is 14.8 Å². The fraction of sp³-hybridized carbons (Fsp3) is 0.316. The molecule has 1 N–H and O–H groups in total. The molecule has 1 atom stereocenters. The third-order valence-corrected chi connectivity index (χ3v) is 3.56. The van der Waals surface area contributed by atoms with Gasteiger partial charge in [0.15, 0.2) is 6.10 Å². The summed E-state index contributed by atoms with van der Waals surface area (Å²) in [6.45, 7) is 5.93. The first-order valence-corrected chi connectivity index (χ1v) is 7.71. The van der Waals surface area contributed by atoms with Crippen LogP contribution in [0, 0.1) is 0 Å². The zero-order valence-corrected chi connectivity index (χ0v) is 14.0. The highest BCUT2D eigenvalue weighted by Crippen LogP contribution is 2.24. The lowest BCUT2D eigenvalue weighted by Gasteiger charge is -2.18. The van der Waals surface area contributed by atoms with Gasteiger partial charge in [0.1, 0.15) is 11.5 Å². The molecule has 0 radical (unpaired) electrons. The molecule has 122 valence electrons. The first-order valence-electron chi connectivity index (χ1n) is 7.71. The van der Waals surface area contributed by atoms with Gasteiger partial charge in [-0.15, -0.1) is 0 Å². The highest BCUT2D eigenvalue weighted by atomic mass is 16.5. The topological polar surface area (TPSA) is 47.6 Å². The lowest BCUT2D eigenvalue weighted by Crippen LogP contribution is -2.30. The second kappa shape index (κ2) is 7.68. The molecule has 23 heavy (non-hydrogen) atoms. The zero-order valence-electron chi connectivity index (χ0n) is 14.0. The Morgan fingerprint density at radius 1 is 1.00 bits per heavy atom. The number of para-hydroxylation sites is 1. The predicted molar refractivity (Wildman–Crippen MR) is 92.2 cm³/mol. The number of benzene rings is 2. The Labute approximate surface area is 137 Å². The van der Waals surface area contributed by atoms with Crippen LogP contribution in [0.3, 0.4) is 0 Å². The Morgan fingerprint density at radius 2 is 1.70 bits per heavy atom. The second-order valence-corrected chi connectivity index (χ2v) is 5.67. The minimum Gasteiger partial charge on any atom is -0.497 e. The Morgan fingerprint density at radius 3 is 2.39 bits per heavy atom. The number of amides is 1. The summed E-state index contributed by atoms with van der Waals surface area (Å²) in [5.41, 5.74) is 1.93. The number of hydrogen-bond acceptors (Lipinski definition) is 3. The molecule has 2 aromatic carbocycles. The molecule has 0 heterocycles. The van der Waals surface area contributed by atoms with Gasteiger partial charge in [0.25, 0.3) is 5.91 Å². The van der Waals surface area contributed by atoms with Crippen LogP contribution in [0.5, 0.6) is 11.5 Å². The third-order valence-electron chi connectivity index (χ3n) is 3.56. The van der Waals surface area contributed by atoms with Crippen molar-refractivity contribution in [1.82, 2.24) is 0 Å². The maximum Gasteiger partial charge on any atom is 0.265 e. The maximum absolute atomic E-state index is 12.4. The van der Waals surface area contributed by atoms with Crippen LogP contribution in [-0.2, 0) is 4.79 Å². The minimum atomic E-state index is -0.609. The van der Waals surface area contributed by atoms with E-state index < -0.39 is 6.10 Å². The predicted octanol–water partition coefficient (Wildman–Crippen LogP) is 4.22. The molecule has 2 aromatic rings. The summed E-state index contributed by atoms with van der Waals surface area (Å²) in [4.78, 5) is 12.4. The van der Waals surface area contributed by atoms with E-state index in [9.17, 15) is 4.79 Å². The largest absolute Gasteiger partial charge is 0.497 e. The van der Waals surface area contributed by atoms with Gasteiger partial charge in [-0.05, 0) is 36.6 Å². The molecule has 0 saturated heterocycles. The van der Waals surface area contributed by atoms with Crippen molar-refractivity contribution in [2.45, 2.75) is 32.8 Å². The normalized spacial score (nSPS) is 11.9. The molecule has 0 aromatic heterocycles. The lowest BCUT2D eigenvalue weighted by molar-refractivity contribution is -0.122. The molecular weight excluding hydrogens is 290 g/mol. The van der Waals surface area contributed by atoms with Crippen LogP contribution in [0.2, 0.25) is 0 Å². The van der Waals surface area contributed by atoms with Crippen LogP contribution >= 0.6 is 0 Å². The van der Waals surface area contributed by atoms with E-state index in [-0.39, 0.29) is 5.91 Å². The van der Waals surface area contributed by atoms with E-state index in [0.717, 1.165) is 11.3 Å². The molecule has 0 aliphatic heterocycles. The average molecular weight is 313 g/mol. The van der Waals surface area contributed by atoms with E-state index >= 15 is 0 Å². The molecule has 0 fully saturated rings. The Hall–Kier alpha value is -2.49. The Kier molecular flexibility index (Phi) is 5.63. The van der Waals surface area contributed by atoms with Gasteiger partial charge in [-0.25, -0.2) is 0 Å². The van der Waals surface area contributed by atoms with Crippen molar-refractivity contribution in [3.63, 3.8) is 0 Å². The number of methoxy groups -OCH3 is 1. The van der Waals surface area contributed by atoms with Crippen molar-refractivity contribution >= 4 is 11.6 Å². The van der Waals surface area contributed by atoms with Crippen LogP contribution in [-0.4, -0.2) is 19.1 Å². The van der Waals surface area contributed by atoms with E-state index in [4.69, 9.17) is 9.47 Å². The number of hydrogen-bond donors (Lipinski definition) is 1. The molecule has 4 nitrogen and oxygen atoms in total. The molecular formula is C19H23NO3. The van der Waals surface area contributed by atoms with Crippen molar-refractivity contribution in [1.29, 1.82) is 0 Å². The van der Waals surface area contributed by atoms with Gasteiger partial charge in [0.2, 0.25) is 0 Å². The summed E-state index contributed by atoms with van der Waals surface area (Å²) in [6.07, 6.45) is -0.609. The van der Waals surface area contributed by atoms with E-state index in [2.05, 4.69) is 19.2 Å². The number of nitrogens with one attached hydrogen (secondary N) is 1. The summed E-state index contributed by atoms with van der Waals surface area (Å²) in [6, 6.07) is 15.0. The first kappa shape index (κ1) is 16.9. The molecule has 2 rings (SSSR count). The maximum atomic E-state index is 12.4. The first-order chi connectivity index (χ1) is 11.0. The van der Waals surface area contributed by atoms with Crippen LogP contribution < -0.4 is 14.8 Å². The molecule has 0 aliphatic rings. The number of carbonyl (C=O) groups excluding carboxylic acids is 1. The molecule has 1 amide bonds. The van der Waals surface area contributed by atoms with Gasteiger partial charge in [0, 0.05) is 11.8 Å². The van der Waals surface area contributed by atoms with Crippen molar-refractivity contribution in [3.05, 3.63) is 54.1 Å². The van der Waals surface area contributed by atoms with E-state index in [1.165, 1.54) is 0 Å². The van der Waals surface area contributed by atoms with E-state index in [1.54, 1.807) is 26.2 Å². The molecule has 0 bridgehead atoms. The number of carbonyl (C=O) groups is 1. The second-order valence-electron chi connectivity index (χ2n) is 5.67. The highest BCUT2D eigenvalue weighted by Gasteiger charge is 2.17. The zero-order chi connectivity index (χ0) is 16.8. The molecule has 0 saturated carbocycles. The van der Waals surface area contributed by atoms with Crippen LogP contribution in [0.1, 0.15) is 32.3 Å². The van der Waals surface area contributed by atoms with Crippen molar-refractivity contribution < 1.29 is 14.3 Å². The van der Waals surface area contributed by atoms with Crippen LogP contribution in [0.4, 0.5) is 5.69 Å². The Balaban J connectivity index is 2.05. The van der Waals surface area contributed by atoms with Crippen molar-refractivity contribution in [3.8, 4) is 11.5 Å². The smallest absolute Gasteiger partial charge is 0.265 e. The summed E-state index contributed by atoms with van der Waals surface area (Å²) in [5, 5.41) is 2.95. The summed E-state index contributed by atoms with van der Waals surface area (Å²) >= 11 is 0. The molecule has 1 unspecified atom stereocenters. The molecule has 0 aliphatic carbocycles.